The highest BCUT2D eigenvalue weighted by Gasteiger charge is 2.31. The number of aryl methyl sites for hydroxylation is 1. The van der Waals surface area contributed by atoms with Gasteiger partial charge in [0, 0.05) is 39.0 Å². The predicted molar refractivity (Wildman–Crippen MR) is 82.7 cm³/mol. The summed E-state index contributed by atoms with van der Waals surface area (Å²) in [6.07, 6.45) is 6.53. The SMILES string of the molecule is Cn1ccnc1CC1CCCN(S(=O)(=O)c2cccs2)C1. The van der Waals surface area contributed by atoms with Gasteiger partial charge in [-0.2, -0.15) is 4.31 Å². The zero-order valence-electron chi connectivity index (χ0n) is 12.0. The van der Waals surface area contributed by atoms with Crippen LogP contribution in [0.15, 0.2) is 34.1 Å². The Morgan fingerprint density at radius 3 is 3.00 bits per heavy atom. The van der Waals surface area contributed by atoms with Gasteiger partial charge >= 0.3 is 0 Å². The van der Waals surface area contributed by atoms with E-state index < -0.39 is 10.0 Å². The Labute approximate surface area is 129 Å². The maximum absolute atomic E-state index is 12.6. The second-order valence-electron chi connectivity index (χ2n) is 5.46. The van der Waals surface area contributed by atoms with E-state index >= 15 is 0 Å². The van der Waals surface area contributed by atoms with Crippen LogP contribution in [0.5, 0.6) is 0 Å². The smallest absolute Gasteiger partial charge is 0.252 e. The number of hydrogen-bond donors (Lipinski definition) is 0. The highest BCUT2D eigenvalue weighted by Crippen LogP contribution is 2.27. The van der Waals surface area contributed by atoms with Crippen molar-refractivity contribution in [1.29, 1.82) is 0 Å². The van der Waals surface area contributed by atoms with Gasteiger partial charge in [-0.15, -0.1) is 11.3 Å². The second kappa shape index (κ2) is 5.90. The van der Waals surface area contributed by atoms with Gasteiger partial charge < -0.3 is 4.57 Å². The number of hydrogen-bond acceptors (Lipinski definition) is 4. The molecule has 0 spiro atoms. The van der Waals surface area contributed by atoms with Gasteiger partial charge in [0.2, 0.25) is 0 Å². The Bertz CT molecular complexity index is 692. The van der Waals surface area contributed by atoms with Gasteiger partial charge in [-0.1, -0.05) is 6.07 Å². The maximum Gasteiger partial charge on any atom is 0.252 e. The van der Waals surface area contributed by atoms with Crippen LogP contribution >= 0.6 is 11.3 Å². The molecular formula is C14H19N3O2S2. The van der Waals surface area contributed by atoms with Crippen LogP contribution in [0.1, 0.15) is 18.7 Å². The minimum Gasteiger partial charge on any atom is -0.338 e. The van der Waals surface area contributed by atoms with Crippen molar-refractivity contribution >= 4 is 21.4 Å². The lowest BCUT2D eigenvalue weighted by Crippen LogP contribution is -2.40. The minimum atomic E-state index is -3.32. The van der Waals surface area contributed by atoms with Crippen LogP contribution in [0.3, 0.4) is 0 Å². The molecule has 1 fully saturated rings. The van der Waals surface area contributed by atoms with Crippen molar-refractivity contribution in [2.24, 2.45) is 13.0 Å². The molecule has 5 nitrogen and oxygen atoms in total. The summed E-state index contributed by atoms with van der Waals surface area (Å²) in [6.45, 7) is 1.21. The summed E-state index contributed by atoms with van der Waals surface area (Å²) in [7, 11) is -1.34. The number of sulfonamides is 1. The first-order valence-electron chi connectivity index (χ1n) is 7.07. The largest absolute Gasteiger partial charge is 0.338 e. The molecule has 114 valence electrons. The fourth-order valence-corrected chi connectivity index (χ4v) is 5.50. The Kier molecular flexibility index (Phi) is 4.14. The molecule has 0 bridgehead atoms. The fourth-order valence-electron chi connectivity index (χ4n) is 2.80. The monoisotopic (exact) mass is 325 g/mol. The molecule has 7 heteroatoms. The van der Waals surface area contributed by atoms with Crippen LogP contribution in [0.25, 0.3) is 0 Å². The van der Waals surface area contributed by atoms with Crippen molar-refractivity contribution in [2.75, 3.05) is 13.1 Å². The maximum atomic E-state index is 12.6. The Morgan fingerprint density at radius 2 is 2.33 bits per heavy atom. The van der Waals surface area contributed by atoms with E-state index in [-0.39, 0.29) is 0 Å². The van der Waals surface area contributed by atoms with Crippen molar-refractivity contribution < 1.29 is 8.42 Å². The number of thiophene rings is 1. The van der Waals surface area contributed by atoms with Gasteiger partial charge in [0.15, 0.2) is 0 Å². The highest BCUT2D eigenvalue weighted by molar-refractivity contribution is 7.91. The summed E-state index contributed by atoms with van der Waals surface area (Å²) in [5.41, 5.74) is 0. The van der Waals surface area contributed by atoms with E-state index in [1.54, 1.807) is 22.6 Å². The van der Waals surface area contributed by atoms with E-state index in [4.69, 9.17) is 0 Å². The van der Waals surface area contributed by atoms with Gasteiger partial charge in [0.1, 0.15) is 10.0 Å². The topological polar surface area (TPSA) is 55.2 Å². The van der Waals surface area contributed by atoms with Gasteiger partial charge in [-0.25, -0.2) is 13.4 Å². The Balaban J connectivity index is 1.73. The second-order valence-corrected chi connectivity index (χ2v) is 8.57. The van der Waals surface area contributed by atoms with E-state index in [1.807, 2.05) is 23.2 Å². The van der Waals surface area contributed by atoms with Crippen LogP contribution in [0.2, 0.25) is 0 Å². The van der Waals surface area contributed by atoms with Gasteiger partial charge in [-0.3, -0.25) is 0 Å². The molecule has 0 aromatic carbocycles. The molecule has 2 aromatic heterocycles. The molecular weight excluding hydrogens is 306 g/mol. The van der Waals surface area contributed by atoms with Crippen LogP contribution in [-0.2, 0) is 23.5 Å². The lowest BCUT2D eigenvalue weighted by Gasteiger charge is -2.31. The van der Waals surface area contributed by atoms with E-state index in [1.165, 1.54) is 11.3 Å². The molecule has 0 radical (unpaired) electrons. The van der Waals surface area contributed by atoms with Crippen LogP contribution in [-0.4, -0.2) is 35.4 Å². The molecule has 0 saturated carbocycles. The minimum absolute atomic E-state index is 0.342. The van der Waals surface area contributed by atoms with Gasteiger partial charge in [-0.05, 0) is 30.2 Å². The molecule has 1 aliphatic rings. The van der Waals surface area contributed by atoms with Crippen molar-refractivity contribution in [3.05, 3.63) is 35.7 Å². The number of imidazole rings is 1. The van der Waals surface area contributed by atoms with E-state index in [0.29, 0.717) is 23.2 Å². The van der Waals surface area contributed by atoms with Crippen LogP contribution in [0, 0.1) is 5.92 Å². The summed E-state index contributed by atoms with van der Waals surface area (Å²) in [4.78, 5) is 4.34. The fraction of sp³-hybridized carbons (Fsp3) is 0.500. The summed E-state index contributed by atoms with van der Waals surface area (Å²) < 4.78 is 29.2. The lowest BCUT2D eigenvalue weighted by atomic mass is 9.96. The van der Waals surface area contributed by atoms with E-state index in [0.717, 1.165) is 25.1 Å². The molecule has 3 rings (SSSR count). The molecule has 1 unspecified atom stereocenters. The Hall–Kier alpha value is -1.18. The summed E-state index contributed by atoms with van der Waals surface area (Å²) in [6, 6.07) is 3.47. The molecule has 0 aliphatic carbocycles. The van der Waals surface area contributed by atoms with E-state index in [9.17, 15) is 8.42 Å². The average Bonchev–Trinajstić information content (AvgIpc) is 3.12. The average molecular weight is 325 g/mol. The molecule has 2 aromatic rings. The zero-order valence-corrected chi connectivity index (χ0v) is 13.6. The van der Waals surface area contributed by atoms with Gasteiger partial charge in [0.05, 0.1) is 0 Å². The molecule has 1 aliphatic heterocycles. The van der Waals surface area contributed by atoms with E-state index in [2.05, 4.69) is 4.98 Å². The number of nitrogens with zero attached hydrogens (tertiary/aromatic N) is 3. The molecule has 1 saturated heterocycles. The quantitative estimate of drug-likeness (QED) is 0.865. The summed E-state index contributed by atoms with van der Waals surface area (Å²) >= 11 is 1.29. The zero-order chi connectivity index (χ0) is 14.9. The van der Waals surface area contributed by atoms with Crippen LogP contribution in [0.4, 0.5) is 0 Å². The molecule has 0 amide bonds. The summed E-state index contributed by atoms with van der Waals surface area (Å²) in [5, 5.41) is 1.81. The predicted octanol–water partition coefficient (Wildman–Crippen LogP) is 2.12. The third-order valence-corrected chi connectivity index (χ3v) is 7.20. The first-order chi connectivity index (χ1) is 10.1. The Morgan fingerprint density at radius 1 is 1.48 bits per heavy atom. The summed E-state index contributed by atoms with van der Waals surface area (Å²) in [5.74, 6) is 1.37. The van der Waals surface area contributed by atoms with Crippen molar-refractivity contribution in [2.45, 2.75) is 23.5 Å². The number of aromatic nitrogens is 2. The third kappa shape index (κ3) is 3.04. The van der Waals surface area contributed by atoms with Crippen LogP contribution < -0.4 is 0 Å². The van der Waals surface area contributed by atoms with Crippen molar-refractivity contribution in [3.8, 4) is 0 Å². The lowest BCUT2D eigenvalue weighted by molar-refractivity contribution is 0.262. The standard InChI is InChI=1S/C14H19N3O2S2/c1-16-8-6-15-13(16)10-12-4-2-7-17(11-12)21(18,19)14-5-3-9-20-14/h3,5-6,8-9,12H,2,4,7,10-11H2,1H3. The molecule has 3 heterocycles. The van der Waals surface area contributed by atoms with Crippen molar-refractivity contribution in [1.82, 2.24) is 13.9 Å². The molecule has 0 N–H and O–H groups in total. The van der Waals surface area contributed by atoms with Gasteiger partial charge in [0.25, 0.3) is 10.0 Å². The number of rotatable bonds is 4. The first kappa shape index (κ1) is 14.7. The molecule has 21 heavy (non-hydrogen) atoms. The first-order valence-corrected chi connectivity index (χ1v) is 9.39. The normalized spacial score (nSPS) is 20.7. The third-order valence-electron chi connectivity index (χ3n) is 3.96. The number of piperidine rings is 1. The molecule has 1 atom stereocenters. The van der Waals surface area contributed by atoms with Crippen molar-refractivity contribution in [3.63, 3.8) is 0 Å². The highest BCUT2D eigenvalue weighted by atomic mass is 32.2.